The molecular formula is C16H26N4S. The first kappa shape index (κ1) is 14.9. The van der Waals surface area contributed by atoms with Crippen LogP contribution in [0, 0.1) is 0 Å². The number of nitrogens with one attached hydrogen (secondary N) is 1. The quantitative estimate of drug-likeness (QED) is 0.901. The molecule has 1 N–H and O–H groups in total. The van der Waals surface area contributed by atoms with Gasteiger partial charge in [-0.05, 0) is 33.1 Å². The number of anilines is 2. The van der Waals surface area contributed by atoms with Crippen LogP contribution in [0.2, 0.25) is 0 Å². The molecule has 0 spiro atoms. The van der Waals surface area contributed by atoms with Crippen LogP contribution in [-0.4, -0.2) is 40.1 Å². The molecule has 21 heavy (non-hydrogen) atoms. The molecule has 1 saturated carbocycles. The van der Waals surface area contributed by atoms with Gasteiger partial charge in [-0.25, -0.2) is 9.97 Å². The predicted octanol–water partition coefficient (Wildman–Crippen LogP) is 3.51. The second-order valence-electron chi connectivity index (χ2n) is 6.70. The minimum atomic E-state index is 0.306. The average molecular weight is 306 g/mol. The number of hydrogen-bond acceptors (Lipinski definition) is 5. The van der Waals surface area contributed by atoms with Crippen LogP contribution in [0.15, 0.2) is 6.07 Å². The molecule has 3 rings (SSSR count). The Morgan fingerprint density at radius 2 is 2.19 bits per heavy atom. The minimum absolute atomic E-state index is 0.306. The summed E-state index contributed by atoms with van der Waals surface area (Å²) in [5, 5.41) is 3.43. The Bertz CT molecular complexity index is 499. The molecule has 5 heteroatoms. The number of aromatic nitrogens is 2. The lowest BCUT2D eigenvalue weighted by molar-refractivity contribution is 0.640. The Kier molecular flexibility index (Phi) is 4.29. The van der Waals surface area contributed by atoms with Gasteiger partial charge in [-0.1, -0.05) is 6.92 Å². The third kappa shape index (κ3) is 3.82. The third-order valence-corrected chi connectivity index (χ3v) is 5.28. The summed E-state index contributed by atoms with van der Waals surface area (Å²) in [5.74, 6) is 4.92. The van der Waals surface area contributed by atoms with Gasteiger partial charge in [-0.3, -0.25) is 0 Å². The summed E-state index contributed by atoms with van der Waals surface area (Å²) < 4.78 is 0.306. The van der Waals surface area contributed by atoms with Crippen molar-refractivity contribution in [3.63, 3.8) is 0 Å². The highest BCUT2D eigenvalue weighted by molar-refractivity contribution is 8.00. The molecule has 0 atom stereocenters. The van der Waals surface area contributed by atoms with Crippen molar-refractivity contribution < 1.29 is 0 Å². The van der Waals surface area contributed by atoms with Crippen LogP contribution in [0.5, 0.6) is 0 Å². The fourth-order valence-corrected chi connectivity index (χ4v) is 3.81. The van der Waals surface area contributed by atoms with Gasteiger partial charge in [0.15, 0.2) is 0 Å². The van der Waals surface area contributed by atoms with Crippen molar-refractivity contribution in [3.8, 4) is 0 Å². The molecular weight excluding hydrogens is 280 g/mol. The molecule has 0 amide bonds. The van der Waals surface area contributed by atoms with E-state index in [2.05, 4.69) is 48.8 Å². The van der Waals surface area contributed by atoms with Crippen LogP contribution in [0.4, 0.5) is 11.6 Å². The SMILES string of the molecule is CCCNc1cc(N2CCSC(C)(C)C2)nc(C2CC2)n1. The van der Waals surface area contributed by atoms with Crippen LogP contribution < -0.4 is 10.2 Å². The molecule has 1 aromatic rings. The Morgan fingerprint density at radius 1 is 1.38 bits per heavy atom. The molecule has 116 valence electrons. The minimum Gasteiger partial charge on any atom is -0.370 e. The molecule has 2 heterocycles. The summed E-state index contributed by atoms with van der Waals surface area (Å²) in [6.07, 6.45) is 3.61. The van der Waals surface area contributed by atoms with Crippen LogP contribution in [0.25, 0.3) is 0 Å². The van der Waals surface area contributed by atoms with Gasteiger partial charge >= 0.3 is 0 Å². The highest BCUT2D eigenvalue weighted by Crippen LogP contribution is 2.40. The van der Waals surface area contributed by atoms with E-state index in [1.54, 1.807) is 0 Å². The first-order chi connectivity index (χ1) is 10.1. The van der Waals surface area contributed by atoms with E-state index < -0.39 is 0 Å². The molecule has 1 aliphatic carbocycles. The number of rotatable bonds is 5. The van der Waals surface area contributed by atoms with E-state index in [1.165, 1.54) is 18.6 Å². The van der Waals surface area contributed by atoms with Gasteiger partial charge < -0.3 is 10.2 Å². The second-order valence-corrected chi connectivity index (χ2v) is 8.50. The summed E-state index contributed by atoms with van der Waals surface area (Å²) in [4.78, 5) is 12.0. The Hall–Kier alpha value is -0.970. The average Bonchev–Trinajstić information content (AvgIpc) is 3.28. The van der Waals surface area contributed by atoms with Gasteiger partial charge in [0.1, 0.15) is 17.5 Å². The molecule has 0 unspecified atom stereocenters. The van der Waals surface area contributed by atoms with Crippen LogP contribution in [-0.2, 0) is 0 Å². The van der Waals surface area contributed by atoms with Gasteiger partial charge in [0, 0.05) is 42.1 Å². The summed E-state index contributed by atoms with van der Waals surface area (Å²) in [6.45, 7) is 9.95. The van der Waals surface area contributed by atoms with E-state index in [0.29, 0.717) is 10.7 Å². The molecule has 1 saturated heterocycles. The summed E-state index contributed by atoms with van der Waals surface area (Å²) in [5.41, 5.74) is 0. The van der Waals surface area contributed by atoms with E-state index >= 15 is 0 Å². The Balaban J connectivity index is 1.83. The number of thioether (sulfide) groups is 1. The first-order valence-electron chi connectivity index (χ1n) is 8.09. The zero-order chi connectivity index (χ0) is 14.9. The standard InChI is InChI=1S/C16H26N4S/c1-4-7-17-13-10-14(19-15(18-13)12-5-6-12)20-8-9-21-16(2,3)11-20/h10,12H,4-9,11H2,1-3H3,(H,17,18,19). The van der Waals surface area contributed by atoms with Crippen molar-refractivity contribution in [2.75, 3.05) is 35.6 Å². The van der Waals surface area contributed by atoms with E-state index in [1.807, 2.05) is 0 Å². The van der Waals surface area contributed by atoms with Crippen molar-refractivity contribution in [2.24, 2.45) is 0 Å². The summed E-state index contributed by atoms with van der Waals surface area (Å²) in [6, 6.07) is 2.13. The normalized spacial score (nSPS) is 21.4. The van der Waals surface area contributed by atoms with Crippen LogP contribution in [0.1, 0.15) is 51.8 Å². The van der Waals surface area contributed by atoms with Crippen molar-refractivity contribution in [2.45, 2.75) is 50.7 Å². The molecule has 2 fully saturated rings. The lowest BCUT2D eigenvalue weighted by atomic mass is 10.2. The van der Waals surface area contributed by atoms with Crippen molar-refractivity contribution >= 4 is 23.4 Å². The highest BCUT2D eigenvalue weighted by atomic mass is 32.2. The fourth-order valence-electron chi connectivity index (χ4n) is 2.69. The summed E-state index contributed by atoms with van der Waals surface area (Å²) >= 11 is 2.06. The molecule has 4 nitrogen and oxygen atoms in total. The van der Waals surface area contributed by atoms with Crippen molar-refractivity contribution in [1.82, 2.24) is 9.97 Å². The van der Waals surface area contributed by atoms with E-state index in [4.69, 9.17) is 9.97 Å². The van der Waals surface area contributed by atoms with Gasteiger partial charge in [-0.15, -0.1) is 0 Å². The molecule has 1 aromatic heterocycles. The number of nitrogens with zero attached hydrogens (tertiary/aromatic N) is 3. The Labute approximate surface area is 132 Å². The summed E-state index contributed by atoms with van der Waals surface area (Å²) in [7, 11) is 0. The topological polar surface area (TPSA) is 41.0 Å². The lowest BCUT2D eigenvalue weighted by Crippen LogP contribution is -2.43. The second kappa shape index (κ2) is 6.03. The largest absolute Gasteiger partial charge is 0.370 e. The monoisotopic (exact) mass is 306 g/mol. The number of hydrogen-bond donors (Lipinski definition) is 1. The van der Waals surface area contributed by atoms with Gasteiger partial charge in [0.2, 0.25) is 0 Å². The van der Waals surface area contributed by atoms with E-state index in [-0.39, 0.29) is 0 Å². The molecule has 0 bridgehead atoms. The van der Waals surface area contributed by atoms with Crippen molar-refractivity contribution in [3.05, 3.63) is 11.9 Å². The maximum Gasteiger partial charge on any atom is 0.136 e. The Morgan fingerprint density at radius 3 is 2.86 bits per heavy atom. The molecule has 2 aliphatic rings. The molecule has 0 aromatic carbocycles. The maximum atomic E-state index is 4.86. The molecule has 0 radical (unpaired) electrons. The van der Waals surface area contributed by atoms with Crippen molar-refractivity contribution in [1.29, 1.82) is 0 Å². The van der Waals surface area contributed by atoms with Crippen LogP contribution in [0.3, 0.4) is 0 Å². The van der Waals surface area contributed by atoms with E-state index in [9.17, 15) is 0 Å². The van der Waals surface area contributed by atoms with Crippen LogP contribution >= 0.6 is 11.8 Å². The van der Waals surface area contributed by atoms with Gasteiger partial charge in [-0.2, -0.15) is 11.8 Å². The highest BCUT2D eigenvalue weighted by Gasteiger charge is 2.31. The van der Waals surface area contributed by atoms with Gasteiger partial charge in [0.25, 0.3) is 0 Å². The lowest BCUT2D eigenvalue weighted by Gasteiger charge is -2.38. The molecule has 1 aliphatic heterocycles. The smallest absolute Gasteiger partial charge is 0.136 e. The fraction of sp³-hybridized carbons (Fsp3) is 0.750. The zero-order valence-electron chi connectivity index (χ0n) is 13.4. The maximum absolute atomic E-state index is 4.86. The predicted molar refractivity (Wildman–Crippen MR) is 91.5 cm³/mol. The zero-order valence-corrected chi connectivity index (χ0v) is 14.2. The van der Waals surface area contributed by atoms with E-state index in [0.717, 1.165) is 43.5 Å². The van der Waals surface area contributed by atoms with Gasteiger partial charge in [0.05, 0.1) is 0 Å². The first-order valence-corrected chi connectivity index (χ1v) is 9.08. The third-order valence-electron chi connectivity index (χ3n) is 3.98.